The van der Waals surface area contributed by atoms with Crippen molar-refractivity contribution >= 4 is 30.7 Å². The van der Waals surface area contributed by atoms with Crippen LogP contribution in [0.4, 0.5) is 10.2 Å². The van der Waals surface area contributed by atoms with Crippen molar-refractivity contribution < 1.29 is 37.4 Å². The first kappa shape index (κ1) is 44.2. The second kappa shape index (κ2) is 22.3. The molecule has 5 rings (SSSR count). The number of carbonyl (C=O) groups is 1. The summed E-state index contributed by atoms with van der Waals surface area (Å²) in [5, 5.41) is 14.1. The van der Waals surface area contributed by atoms with E-state index in [9.17, 15) is 18.9 Å². The van der Waals surface area contributed by atoms with Gasteiger partial charge in [0.05, 0.1) is 25.6 Å². The normalized spacial score (nSPS) is 19.7. The Labute approximate surface area is 335 Å². The molecule has 0 spiro atoms. The van der Waals surface area contributed by atoms with Gasteiger partial charge in [-0.1, -0.05) is 139 Å². The average Bonchev–Trinajstić information content (AvgIpc) is 3.76. The molecule has 1 aliphatic rings. The summed E-state index contributed by atoms with van der Waals surface area (Å²) in [4.78, 5) is 25.2. The molecule has 0 bridgehead atoms. The monoisotopic (exact) mass is 810 g/mol. The Morgan fingerprint density at radius 2 is 1.56 bits per heavy atom. The molecule has 0 saturated carbocycles. The summed E-state index contributed by atoms with van der Waals surface area (Å²) in [5.41, 5.74) is 5.52. The van der Waals surface area contributed by atoms with Gasteiger partial charge in [0.1, 0.15) is 23.6 Å². The Hall–Kier alpha value is -3.94. The molecule has 3 heterocycles. The predicted molar refractivity (Wildman–Crippen MR) is 218 cm³/mol. The summed E-state index contributed by atoms with van der Waals surface area (Å²) in [7, 11) is -4.36. The number of hydrogen-bond donors (Lipinski definition) is 3. The number of nitrogens with one attached hydrogen (secondary N) is 1. The molecule has 1 aliphatic heterocycles. The molecule has 5 atom stereocenters. The van der Waals surface area contributed by atoms with Crippen molar-refractivity contribution in [1.29, 1.82) is 0 Å². The highest BCUT2D eigenvalue weighted by Gasteiger charge is 2.48. The maximum atomic E-state index is 14.7. The lowest BCUT2D eigenvalue weighted by Crippen LogP contribution is -2.43. The molecule has 4 aromatic rings. The fourth-order valence-electron chi connectivity index (χ4n) is 7.02. The molecular formula is C42H60FN6O7P. The maximum Gasteiger partial charge on any atom is 0.459 e. The van der Waals surface area contributed by atoms with Crippen molar-refractivity contribution in [3.05, 3.63) is 78.6 Å². The number of benzene rings is 2. The number of aliphatic hydroxyl groups is 1. The molecule has 0 aliphatic carbocycles. The van der Waals surface area contributed by atoms with Crippen molar-refractivity contribution in [3.8, 4) is 5.75 Å². The van der Waals surface area contributed by atoms with Crippen molar-refractivity contribution in [3.63, 3.8) is 0 Å². The van der Waals surface area contributed by atoms with Gasteiger partial charge in [-0.15, -0.1) is 0 Å². The summed E-state index contributed by atoms with van der Waals surface area (Å²) in [5.74, 6) is -0.477. The van der Waals surface area contributed by atoms with Crippen LogP contribution in [0.2, 0.25) is 0 Å². The first-order valence-corrected chi connectivity index (χ1v) is 22.1. The van der Waals surface area contributed by atoms with E-state index in [2.05, 4.69) is 27.0 Å². The molecular weight excluding hydrogens is 750 g/mol. The maximum absolute atomic E-state index is 14.7. The molecule has 312 valence electrons. The SMILES string of the molecule is CCCCCCCCCCCCCCCCOC(=O)[C@H](Cc1ccccc1)NP(=O)(OC[C@@]1(C)O[C@@H](n2cnc3c(N)nc(F)nc32)C[C@@H]1O)Oc1ccccc1. The Balaban J connectivity index is 1.17. The van der Waals surface area contributed by atoms with Gasteiger partial charge in [0, 0.05) is 6.42 Å². The van der Waals surface area contributed by atoms with E-state index in [0.29, 0.717) is 0 Å². The number of anilines is 1. The minimum atomic E-state index is -4.36. The number of para-hydroxylation sites is 1. The van der Waals surface area contributed by atoms with E-state index in [-0.39, 0.29) is 42.2 Å². The molecule has 1 fully saturated rings. The number of aromatic nitrogens is 4. The molecule has 2 aromatic heterocycles. The molecule has 1 unspecified atom stereocenters. The van der Waals surface area contributed by atoms with Crippen molar-refractivity contribution in [2.75, 3.05) is 18.9 Å². The smallest absolute Gasteiger partial charge is 0.459 e. The van der Waals surface area contributed by atoms with E-state index in [1.54, 1.807) is 37.3 Å². The quantitative estimate of drug-likeness (QED) is 0.0238. The third kappa shape index (κ3) is 13.6. The number of nitrogens with two attached hydrogens (primary N) is 1. The fraction of sp³-hybridized carbons (Fsp3) is 0.571. The van der Waals surface area contributed by atoms with E-state index >= 15 is 0 Å². The second-order valence-electron chi connectivity index (χ2n) is 15.1. The van der Waals surface area contributed by atoms with Gasteiger partial charge in [-0.2, -0.15) is 19.4 Å². The van der Waals surface area contributed by atoms with Gasteiger partial charge >= 0.3 is 19.8 Å². The van der Waals surface area contributed by atoms with E-state index in [1.807, 2.05) is 30.3 Å². The Morgan fingerprint density at radius 1 is 0.965 bits per heavy atom. The summed E-state index contributed by atoms with van der Waals surface area (Å²) in [6, 6.07) is 16.7. The summed E-state index contributed by atoms with van der Waals surface area (Å²) in [6.45, 7) is 3.67. The van der Waals surface area contributed by atoms with Gasteiger partial charge in [0.25, 0.3) is 0 Å². The molecule has 0 amide bonds. The number of halogens is 1. The Kier molecular flexibility index (Phi) is 17.3. The predicted octanol–water partition coefficient (Wildman–Crippen LogP) is 9.02. The number of imidazole rings is 1. The van der Waals surface area contributed by atoms with Crippen molar-refractivity contribution in [2.45, 2.75) is 141 Å². The van der Waals surface area contributed by atoms with Crippen molar-refractivity contribution in [2.24, 2.45) is 0 Å². The van der Waals surface area contributed by atoms with Gasteiger partial charge in [-0.05, 0) is 37.5 Å². The molecule has 1 saturated heterocycles. The summed E-state index contributed by atoms with van der Waals surface area (Å²) >= 11 is 0. The number of nitrogens with zero attached hydrogens (tertiary/aromatic N) is 4. The number of fused-ring (bicyclic) bond motifs is 1. The molecule has 2 aromatic carbocycles. The second-order valence-corrected chi connectivity index (χ2v) is 16.8. The number of ether oxygens (including phenoxy) is 2. The van der Waals surface area contributed by atoms with Gasteiger partial charge in [-0.3, -0.25) is 13.9 Å². The Bertz CT molecular complexity index is 1850. The molecule has 15 heteroatoms. The zero-order valence-corrected chi connectivity index (χ0v) is 34.3. The van der Waals surface area contributed by atoms with E-state index < -0.39 is 50.4 Å². The first-order valence-electron chi connectivity index (χ1n) is 20.6. The average molecular weight is 811 g/mol. The van der Waals surface area contributed by atoms with Crippen LogP contribution in [-0.4, -0.2) is 61.6 Å². The highest BCUT2D eigenvalue weighted by Crippen LogP contribution is 2.48. The highest BCUT2D eigenvalue weighted by molar-refractivity contribution is 7.52. The van der Waals surface area contributed by atoms with Crippen LogP contribution in [0, 0.1) is 6.08 Å². The van der Waals surface area contributed by atoms with Crippen LogP contribution in [0.3, 0.4) is 0 Å². The number of esters is 1. The van der Waals surface area contributed by atoms with Crippen LogP contribution in [0.1, 0.15) is 122 Å². The number of carbonyl (C=O) groups excluding carboxylic acids is 1. The van der Waals surface area contributed by atoms with E-state index in [4.69, 9.17) is 24.3 Å². The van der Waals surface area contributed by atoms with Gasteiger partial charge in [0.2, 0.25) is 0 Å². The number of nitrogen functional groups attached to an aromatic ring is 1. The van der Waals surface area contributed by atoms with Crippen LogP contribution in [-0.2, 0) is 29.8 Å². The Morgan fingerprint density at radius 3 is 2.19 bits per heavy atom. The lowest BCUT2D eigenvalue weighted by Gasteiger charge is -2.31. The van der Waals surface area contributed by atoms with Gasteiger partial charge in [0.15, 0.2) is 17.0 Å². The minimum Gasteiger partial charge on any atom is -0.465 e. The number of aliphatic hydroxyl groups excluding tert-OH is 1. The van der Waals surface area contributed by atoms with Crippen LogP contribution in [0.25, 0.3) is 11.2 Å². The lowest BCUT2D eigenvalue weighted by atomic mass is 10.0. The topological polar surface area (TPSA) is 173 Å². The standard InChI is InChI=1S/C42H60FN6O7P/c1-3-4-5-6-7-8-9-10-11-12-13-14-15-22-27-53-40(51)34(28-32-23-18-16-19-24-32)48-57(52,56-33-25-20-17-21-26-33)54-30-42(2)35(50)29-36(55-42)49-31-45-37-38(44)46-41(43)47-39(37)49/h16-21,23-26,31,34-36,50H,3-15,22,27-30H2,1-2H3,(H,48,52)(H2,44,46,47)/t34-,35-,36+,42+,57?/m0/s1. The molecule has 57 heavy (non-hydrogen) atoms. The van der Waals surface area contributed by atoms with Crippen molar-refractivity contribution in [1.82, 2.24) is 24.6 Å². The fourth-order valence-corrected chi connectivity index (χ4v) is 8.60. The zero-order valence-electron chi connectivity index (χ0n) is 33.4. The third-order valence-electron chi connectivity index (χ3n) is 10.4. The van der Waals surface area contributed by atoms with E-state index in [0.717, 1.165) is 24.8 Å². The van der Waals surface area contributed by atoms with E-state index in [1.165, 1.54) is 81.5 Å². The summed E-state index contributed by atoms with van der Waals surface area (Å²) < 4.78 is 54.2. The number of hydrogen-bond acceptors (Lipinski definition) is 11. The third-order valence-corrected chi connectivity index (χ3v) is 11.9. The number of unbranched alkanes of at least 4 members (excludes halogenated alkanes) is 13. The van der Waals surface area contributed by atoms with Crippen LogP contribution < -0.4 is 15.3 Å². The first-order chi connectivity index (χ1) is 27.6. The summed E-state index contributed by atoms with van der Waals surface area (Å²) in [6.07, 6.45) is 15.7. The van der Waals surface area contributed by atoms with Gasteiger partial charge < -0.3 is 24.8 Å². The van der Waals surface area contributed by atoms with Crippen LogP contribution >= 0.6 is 7.75 Å². The minimum absolute atomic E-state index is 0.0519. The highest BCUT2D eigenvalue weighted by atomic mass is 31.2. The zero-order chi connectivity index (χ0) is 40.5. The number of rotatable bonds is 26. The molecule has 0 radical (unpaired) electrons. The van der Waals surface area contributed by atoms with Gasteiger partial charge in [-0.25, -0.2) is 9.55 Å². The largest absolute Gasteiger partial charge is 0.465 e. The lowest BCUT2D eigenvalue weighted by molar-refractivity contribution is -0.146. The van der Waals surface area contributed by atoms with Crippen LogP contribution in [0.15, 0.2) is 67.0 Å². The van der Waals surface area contributed by atoms with Crippen LogP contribution in [0.5, 0.6) is 5.75 Å². The molecule has 13 nitrogen and oxygen atoms in total. The molecule has 4 N–H and O–H groups in total.